The van der Waals surface area contributed by atoms with Crippen molar-refractivity contribution in [1.29, 1.82) is 0 Å². The SMILES string of the molecule is CCC(CCNC)c1ccc(NC(CCC=O)C(=O)NC)cc1. The molecule has 0 fully saturated rings. The van der Waals surface area contributed by atoms with Crippen LogP contribution in [0.15, 0.2) is 24.3 Å². The van der Waals surface area contributed by atoms with E-state index >= 15 is 0 Å². The highest BCUT2D eigenvalue weighted by Crippen LogP contribution is 2.24. The third-order valence-electron chi connectivity index (χ3n) is 4.09. The van der Waals surface area contributed by atoms with E-state index in [-0.39, 0.29) is 11.9 Å². The van der Waals surface area contributed by atoms with Crippen LogP contribution < -0.4 is 16.0 Å². The van der Waals surface area contributed by atoms with Gasteiger partial charge in [0.05, 0.1) is 0 Å². The molecule has 23 heavy (non-hydrogen) atoms. The van der Waals surface area contributed by atoms with Crippen molar-refractivity contribution in [1.82, 2.24) is 10.6 Å². The van der Waals surface area contributed by atoms with E-state index in [4.69, 9.17) is 0 Å². The summed E-state index contributed by atoms with van der Waals surface area (Å²) in [7, 11) is 3.58. The molecule has 0 saturated heterocycles. The van der Waals surface area contributed by atoms with Crippen molar-refractivity contribution in [3.63, 3.8) is 0 Å². The molecule has 1 amide bonds. The summed E-state index contributed by atoms with van der Waals surface area (Å²) in [6.45, 7) is 3.20. The van der Waals surface area contributed by atoms with E-state index in [0.717, 1.165) is 31.4 Å². The Hall–Kier alpha value is -1.88. The van der Waals surface area contributed by atoms with Crippen LogP contribution >= 0.6 is 0 Å². The summed E-state index contributed by atoms with van der Waals surface area (Å²) in [6.07, 6.45) is 3.92. The van der Waals surface area contributed by atoms with Crippen LogP contribution in [0.4, 0.5) is 5.69 Å². The predicted octanol–water partition coefficient (Wildman–Crippen LogP) is 2.30. The van der Waals surface area contributed by atoms with Crippen LogP contribution in [0.2, 0.25) is 0 Å². The number of anilines is 1. The molecule has 0 aliphatic carbocycles. The van der Waals surface area contributed by atoms with E-state index in [1.165, 1.54) is 5.56 Å². The summed E-state index contributed by atoms with van der Waals surface area (Å²) < 4.78 is 0. The lowest BCUT2D eigenvalue weighted by molar-refractivity contribution is -0.121. The molecule has 0 aromatic heterocycles. The monoisotopic (exact) mass is 319 g/mol. The number of nitrogens with one attached hydrogen (secondary N) is 3. The summed E-state index contributed by atoms with van der Waals surface area (Å²) in [5, 5.41) is 9.03. The average molecular weight is 319 g/mol. The van der Waals surface area contributed by atoms with Gasteiger partial charge >= 0.3 is 0 Å². The lowest BCUT2D eigenvalue weighted by atomic mass is 9.93. The number of benzene rings is 1. The number of aldehydes is 1. The minimum atomic E-state index is -0.387. The highest BCUT2D eigenvalue weighted by Gasteiger charge is 2.16. The first kappa shape index (κ1) is 19.2. The van der Waals surface area contributed by atoms with Crippen molar-refractivity contribution >= 4 is 17.9 Å². The number of hydrogen-bond acceptors (Lipinski definition) is 4. The fraction of sp³-hybridized carbons (Fsp3) is 0.556. The molecule has 0 aliphatic heterocycles. The van der Waals surface area contributed by atoms with Gasteiger partial charge in [0.25, 0.3) is 0 Å². The Labute approximate surface area is 139 Å². The second kappa shape index (κ2) is 10.8. The van der Waals surface area contributed by atoms with Gasteiger partial charge in [0.2, 0.25) is 5.91 Å². The zero-order valence-electron chi connectivity index (χ0n) is 14.4. The van der Waals surface area contributed by atoms with Gasteiger partial charge in [-0.3, -0.25) is 4.79 Å². The lowest BCUT2D eigenvalue weighted by Crippen LogP contribution is -2.37. The maximum atomic E-state index is 11.9. The van der Waals surface area contributed by atoms with Crippen LogP contribution in [0.5, 0.6) is 0 Å². The Balaban J connectivity index is 2.73. The summed E-state index contributed by atoms with van der Waals surface area (Å²) in [4.78, 5) is 22.4. The molecule has 3 N–H and O–H groups in total. The zero-order chi connectivity index (χ0) is 17.1. The first-order chi connectivity index (χ1) is 11.2. The molecule has 0 spiro atoms. The molecule has 0 saturated carbocycles. The Morgan fingerprint density at radius 1 is 1.17 bits per heavy atom. The Bertz CT molecular complexity index is 474. The molecular weight excluding hydrogens is 290 g/mol. The van der Waals surface area contributed by atoms with Crippen molar-refractivity contribution in [3.05, 3.63) is 29.8 Å². The summed E-state index contributed by atoms with van der Waals surface area (Å²) in [6, 6.07) is 7.87. The van der Waals surface area contributed by atoms with Crippen molar-refractivity contribution in [3.8, 4) is 0 Å². The van der Waals surface area contributed by atoms with Crippen LogP contribution in [-0.2, 0) is 9.59 Å². The van der Waals surface area contributed by atoms with Gasteiger partial charge < -0.3 is 20.7 Å². The number of carbonyl (C=O) groups excluding carboxylic acids is 2. The molecule has 2 unspecified atom stereocenters. The first-order valence-corrected chi connectivity index (χ1v) is 8.32. The highest BCUT2D eigenvalue weighted by molar-refractivity contribution is 5.84. The highest BCUT2D eigenvalue weighted by atomic mass is 16.2. The van der Waals surface area contributed by atoms with Gasteiger partial charge in [0.1, 0.15) is 12.3 Å². The molecule has 1 aromatic carbocycles. The molecule has 2 atom stereocenters. The van der Waals surface area contributed by atoms with E-state index < -0.39 is 0 Å². The molecular formula is C18H29N3O2. The van der Waals surface area contributed by atoms with Crippen LogP contribution in [0.3, 0.4) is 0 Å². The lowest BCUT2D eigenvalue weighted by Gasteiger charge is -2.19. The maximum absolute atomic E-state index is 11.9. The van der Waals surface area contributed by atoms with Crippen LogP contribution in [0.25, 0.3) is 0 Å². The van der Waals surface area contributed by atoms with Crippen molar-refractivity contribution in [2.75, 3.05) is 26.0 Å². The van der Waals surface area contributed by atoms with E-state index in [1.54, 1.807) is 7.05 Å². The summed E-state index contributed by atoms with van der Waals surface area (Å²) in [5.74, 6) is 0.442. The van der Waals surface area contributed by atoms with Crippen LogP contribution in [0, 0.1) is 0 Å². The van der Waals surface area contributed by atoms with E-state index in [9.17, 15) is 9.59 Å². The third kappa shape index (κ3) is 6.40. The first-order valence-electron chi connectivity index (χ1n) is 8.32. The van der Waals surface area contributed by atoms with Gasteiger partial charge in [-0.05, 0) is 56.5 Å². The normalized spacial score (nSPS) is 13.2. The third-order valence-corrected chi connectivity index (χ3v) is 4.09. The smallest absolute Gasteiger partial charge is 0.242 e. The molecule has 0 bridgehead atoms. The Morgan fingerprint density at radius 3 is 2.39 bits per heavy atom. The van der Waals surface area contributed by atoms with Crippen LogP contribution in [0.1, 0.15) is 44.1 Å². The number of rotatable bonds is 11. The van der Waals surface area contributed by atoms with Gasteiger partial charge in [-0.1, -0.05) is 19.1 Å². The van der Waals surface area contributed by atoms with E-state index in [2.05, 4.69) is 35.0 Å². The minimum Gasteiger partial charge on any atom is -0.374 e. The quantitative estimate of drug-likeness (QED) is 0.547. The molecule has 5 heteroatoms. The Morgan fingerprint density at radius 2 is 1.87 bits per heavy atom. The zero-order valence-corrected chi connectivity index (χ0v) is 14.4. The van der Waals surface area contributed by atoms with Gasteiger partial charge in [-0.2, -0.15) is 0 Å². The molecule has 0 aliphatic rings. The number of hydrogen-bond donors (Lipinski definition) is 3. The van der Waals surface area contributed by atoms with Crippen molar-refractivity contribution < 1.29 is 9.59 Å². The van der Waals surface area contributed by atoms with Crippen LogP contribution in [-0.4, -0.2) is 38.9 Å². The Kier molecular flexibility index (Phi) is 8.98. The van der Waals surface area contributed by atoms with Gasteiger partial charge in [-0.15, -0.1) is 0 Å². The topological polar surface area (TPSA) is 70.2 Å². The largest absolute Gasteiger partial charge is 0.374 e. The van der Waals surface area contributed by atoms with Crippen molar-refractivity contribution in [2.24, 2.45) is 0 Å². The molecule has 1 aromatic rings. The maximum Gasteiger partial charge on any atom is 0.242 e. The van der Waals surface area contributed by atoms with Gasteiger partial charge in [-0.25, -0.2) is 0 Å². The van der Waals surface area contributed by atoms with E-state index in [0.29, 0.717) is 18.8 Å². The van der Waals surface area contributed by atoms with Crippen molar-refractivity contribution in [2.45, 2.75) is 44.6 Å². The average Bonchev–Trinajstić information content (AvgIpc) is 2.59. The second-order valence-corrected chi connectivity index (χ2v) is 5.67. The molecule has 128 valence electrons. The van der Waals surface area contributed by atoms with E-state index in [1.807, 2.05) is 19.2 Å². The summed E-state index contributed by atoms with van der Waals surface area (Å²) >= 11 is 0. The molecule has 5 nitrogen and oxygen atoms in total. The van der Waals surface area contributed by atoms with Gasteiger partial charge in [0, 0.05) is 19.2 Å². The number of carbonyl (C=O) groups is 2. The second-order valence-electron chi connectivity index (χ2n) is 5.67. The minimum absolute atomic E-state index is 0.101. The van der Waals surface area contributed by atoms with Gasteiger partial charge in [0.15, 0.2) is 0 Å². The standard InChI is InChI=1S/C18H29N3O2/c1-4-14(11-12-19-2)15-7-9-16(10-8-15)21-17(6-5-13-22)18(23)20-3/h7-10,13-14,17,19,21H,4-6,11-12H2,1-3H3,(H,20,23). The fourth-order valence-corrected chi connectivity index (χ4v) is 2.66. The number of amides is 1. The predicted molar refractivity (Wildman–Crippen MR) is 94.8 cm³/mol. The molecule has 0 heterocycles. The molecule has 0 radical (unpaired) electrons. The number of likely N-dealkylation sites (N-methyl/N-ethyl adjacent to an activating group) is 1. The fourth-order valence-electron chi connectivity index (χ4n) is 2.66. The summed E-state index contributed by atoms with van der Waals surface area (Å²) in [5.41, 5.74) is 2.22. The molecule has 1 rings (SSSR count).